The molecule has 7 nitrogen and oxygen atoms in total. The molecule has 0 radical (unpaired) electrons. The Kier molecular flexibility index (Phi) is 4.67. The highest BCUT2D eigenvalue weighted by Gasteiger charge is 2.10. The zero-order chi connectivity index (χ0) is 18.0. The number of aromatic nitrogens is 2. The van der Waals surface area contributed by atoms with Gasteiger partial charge in [0.25, 0.3) is 10.1 Å². The van der Waals surface area contributed by atoms with Crippen LogP contribution in [-0.2, 0) is 10.1 Å². The third-order valence-corrected chi connectivity index (χ3v) is 4.49. The molecule has 3 rings (SSSR count). The summed E-state index contributed by atoms with van der Waals surface area (Å²) in [6.45, 7) is 1.79. The van der Waals surface area contributed by atoms with Crippen LogP contribution in [-0.4, -0.2) is 22.8 Å². The molecule has 0 spiro atoms. The van der Waals surface area contributed by atoms with Crippen molar-refractivity contribution < 1.29 is 13.0 Å². The molecule has 0 saturated heterocycles. The van der Waals surface area contributed by atoms with Crippen LogP contribution in [0.25, 0.3) is 5.69 Å². The second-order valence-corrected chi connectivity index (χ2v) is 7.05. The van der Waals surface area contributed by atoms with E-state index in [4.69, 9.17) is 16.2 Å². The smallest absolute Gasteiger partial charge is 0.282 e. The van der Waals surface area contributed by atoms with Gasteiger partial charge in [0.2, 0.25) is 0 Å². The van der Waals surface area contributed by atoms with E-state index in [-0.39, 0.29) is 4.90 Å². The largest absolute Gasteiger partial charge is 0.294 e. The molecule has 0 aliphatic heterocycles. The van der Waals surface area contributed by atoms with Crippen molar-refractivity contribution in [1.29, 1.82) is 0 Å². The molecule has 0 unspecified atom stereocenters. The summed E-state index contributed by atoms with van der Waals surface area (Å²) in [5, 5.41) is 13.3. The maximum atomic E-state index is 11.1. The zero-order valence-electron chi connectivity index (χ0n) is 13.0. The van der Waals surface area contributed by atoms with Crippen molar-refractivity contribution in [1.82, 2.24) is 9.78 Å². The molecule has 1 aromatic heterocycles. The van der Waals surface area contributed by atoms with E-state index in [0.717, 1.165) is 0 Å². The summed E-state index contributed by atoms with van der Waals surface area (Å²) < 4.78 is 32.7. The first-order valence-corrected chi connectivity index (χ1v) is 8.96. The van der Waals surface area contributed by atoms with E-state index < -0.39 is 10.1 Å². The maximum Gasteiger partial charge on any atom is 0.294 e. The molecule has 0 aliphatic carbocycles. The average Bonchev–Trinajstić information content (AvgIpc) is 2.95. The number of azo groups is 1. The minimum atomic E-state index is -4.22. The van der Waals surface area contributed by atoms with Crippen LogP contribution in [0.2, 0.25) is 5.02 Å². The molecular weight excluding hydrogens is 364 g/mol. The van der Waals surface area contributed by atoms with Crippen molar-refractivity contribution in [2.75, 3.05) is 0 Å². The topological polar surface area (TPSA) is 96.9 Å². The molecule has 25 heavy (non-hydrogen) atoms. The predicted molar refractivity (Wildman–Crippen MR) is 93.7 cm³/mol. The van der Waals surface area contributed by atoms with Crippen molar-refractivity contribution in [3.63, 3.8) is 0 Å². The Balaban J connectivity index is 1.86. The van der Waals surface area contributed by atoms with Crippen LogP contribution in [0.15, 0.2) is 69.9 Å². The minimum absolute atomic E-state index is 0.178. The van der Waals surface area contributed by atoms with Gasteiger partial charge >= 0.3 is 0 Å². The van der Waals surface area contributed by atoms with E-state index in [1.54, 1.807) is 42.1 Å². The van der Waals surface area contributed by atoms with E-state index in [1.807, 2.05) is 0 Å². The fourth-order valence-corrected chi connectivity index (χ4v) is 2.68. The number of hydrogen-bond acceptors (Lipinski definition) is 5. The van der Waals surface area contributed by atoms with Crippen LogP contribution in [0.5, 0.6) is 0 Å². The van der Waals surface area contributed by atoms with Crippen molar-refractivity contribution in [3.8, 4) is 5.69 Å². The number of nitrogens with zero attached hydrogens (tertiary/aromatic N) is 4. The number of benzene rings is 2. The number of halogens is 1. The summed E-state index contributed by atoms with van der Waals surface area (Å²) in [4.78, 5) is -0.178. The SMILES string of the molecule is Cc1nn(-c2ccc(S(=O)(=O)O)cc2)cc1N=Nc1ccc(Cl)cc1. The molecule has 0 fully saturated rings. The highest BCUT2D eigenvalue weighted by atomic mass is 35.5. The maximum absolute atomic E-state index is 11.1. The Morgan fingerprint density at radius 2 is 1.68 bits per heavy atom. The molecule has 128 valence electrons. The minimum Gasteiger partial charge on any atom is -0.282 e. The van der Waals surface area contributed by atoms with Crippen molar-refractivity contribution in [2.45, 2.75) is 11.8 Å². The highest BCUT2D eigenvalue weighted by molar-refractivity contribution is 7.85. The van der Waals surface area contributed by atoms with Crippen molar-refractivity contribution in [2.24, 2.45) is 10.2 Å². The Bertz CT molecular complexity index is 1030. The van der Waals surface area contributed by atoms with Crippen LogP contribution in [0.3, 0.4) is 0 Å². The fraction of sp³-hybridized carbons (Fsp3) is 0.0625. The summed E-state index contributed by atoms with van der Waals surface area (Å²) in [6.07, 6.45) is 1.68. The third-order valence-electron chi connectivity index (χ3n) is 3.37. The van der Waals surface area contributed by atoms with E-state index in [9.17, 15) is 8.42 Å². The fourth-order valence-electron chi connectivity index (χ4n) is 2.07. The van der Waals surface area contributed by atoms with Gasteiger partial charge in [0.05, 0.1) is 28.2 Å². The van der Waals surface area contributed by atoms with Crippen molar-refractivity contribution >= 4 is 33.1 Å². The van der Waals surface area contributed by atoms with Gasteiger partial charge in [0.15, 0.2) is 0 Å². The Morgan fingerprint density at radius 1 is 1.04 bits per heavy atom. The molecule has 1 N–H and O–H groups in total. The molecule has 1 heterocycles. The number of rotatable bonds is 4. The summed E-state index contributed by atoms with van der Waals surface area (Å²) in [6, 6.07) is 12.6. The van der Waals surface area contributed by atoms with Gasteiger partial charge in [0.1, 0.15) is 5.69 Å². The second-order valence-electron chi connectivity index (χ2n) is 5.19. The first-order valence-electron chi connectivity index (χ1n) is 7.14. The molecule has 3 aromatic rings. The van der Waals surface area contributed by atoms with Gasteiger partial charge in [-0.15, -0.1) is 5.11 Å². The molecule has 2 aromatic carbocycles. The van der Waals surface area contributed by atoms with Gasteiger partial charge in [-0.1, -0.05) is 11.6 Å². The number of aryl methyl sites for hydroxylation is 1. The van der Waals surface area contributed by atoms with E-state index in [1.165, 1.54) is 24.3 Å². The second kappa shape index (κ2) is 6.75. The summed E-state index contributed by atoms with van der Waals surface area (Å²) in [5.74, 6) is 0. The van der Waals surface area contributed by atoms with Gasteiger partial charge < -0.3 is 0 Å². The zero-order valence-corrected chi connectivity index (χ0v) is 14.6. The predicted octanol–water partition coefficient (Wildman–Crippen LogP) is 4.50. The van der Waals surface area contributed by atoms with E-state index >= 15 is 0 Å². The Labute approximate surface area is 149 Å². The van der Waals surface area contributed by atoms with Crippen LogP contribution >= 0.6 is 11.6 Å². The molecule has 0 atom stereocenters. The monoisotopic (exact) mass is 376 g/mol. The Morgan fingerprint density at radius 3 is 2.28 bits per heavy atom. The highest BCUT2D eigenvalue weighted by Crippen LogP contribution is 2.24. The molecule has 0 saturated carbocycles. The van der Waals surface area contributed by atoms with Crippen LogP contribution < -0.4 is 0 Å². The lowest BCUT2D eigenvalue weighted by Crippen LogP contribution is -1.99. The molecule has 0 aliphatic rings. The summed E-state index contributed by atoms with van der Waals surface area (Å²) in [5.41, 5.74) is 2.53. The lowest BCUT2D eigenvalue weighted by Gasteiger charge is -2.01. The average molecular weight is 377 g/mol. The van der Waals surface area contributed by atoms with Gasteiger partial charge in [-0.3, -0.25) is 4.55 Å². The van der Waals surface area contributed by atoms with Crippen LogP contribution in [0.1, 0.15) is 5.69 Å². The van der Waals surface area contributed by atoms with Crippen LogP contribution in [0.4, 0.5) is 11.4 Å². The first-order chi connectivity index (χ1) is 11.8. The first kappa shape index (κ1) is 17.3. The third kappa shape index (κ3) is 4.11. The number of hydrogen-bond donors (Lipinski definition) is 1. The van der Waals surface area contributed by atoms with Gasteiger partial charge in [-0.05, 0) is 55.5 Å². The molecule has 9 heteroatoms. The van der Waals surface area contributed by atoms with Crippen molar-refractivity contribution in [3.05, 3.63) is 65.4 Å². The van der Waals surface area contributed by atoms with Gasteiger partial charge in [0, 0.05) is 5.02 Å². The summed E-state index contributed by atoms with van der Waals surface area (Å²) >= 11 is 5.83. The standard InChI is InChI=1S/C16H13ClN4O3S/c1-11-16(19-18-13-4-2-12(17)3-5-13)10-21(20-11)14-6-8-15(9-7-14)25(22,23)24/h2-10H,1H3,(H,22,23,24). The normalized spacial score (nSPS) is 12.0. The summed E-state index contributed by atoms with van der Waals surface area (Å²) in [7, 11) is -4.22. The van der Waals surface area contributed by atoms with E-state index in [0.29, 0.717) is 27.8 Å². The molecule has 0 bridgehead atoms. The van der Waals surface area contributed by atoms with E-state index in [2.05, 4.69) is 15.3 Å². The molecule has 0 amide bonds. The molecular formula is C16H13ClN4O3S. The van der Waals surface area contributed by atoms with Crippen LogP contribution in [0, 0.1) is 6.92 Å². The quantitative estimate of drug-likeness (QED) is 0.535. The van der Waals surface area contributed by atoms with Gasteiger partial charge in [-0.25, -0.2) is 4.68 Å². The lowest BCUT2D eigenvalue weighted by molar-refractivity contribution is 0.483. The lowest BCUT2D eigenvalue weighted by atomic mass is 10.3. The Hall–Kier alpha value is -2.55. The van der Waals surface area contributed by atoms with Gasteiger partial charge in [-0.2, -0.15) is 18.6 Å².